The Labute approximate surface area is 131 Å². The summed E-state index contributed by atoms with van der Waals surface area (Å²) in [4.78, 5) is 5.56. The van der Waals surface area contributed by atoms with Gasteiger partial charge in [0.1, 0.15) is 0 Å². The maximum absolute atomic E-state index is 6.05. The maximum atomic E-state index is 6.05. The van der Waals surface area contributed by atoms with Gasteiger partial charge in [-0.1, -0.05) is 26.2 Å². The second-order valence-corrected chi connectivity index (χ2v) is 7.75. The normalized spacial score (nSPS) is 37.7. The molecule has 3 unspecified atom stereocenters. The molecule has 1 aliphatic carbocycles. The average Bonchev–Trinajstić information content (AvgIpc) is 2.87. The Kier molecular flexibility index (Phi) is 5.58. The smallest absolute Gasteiger partial charge is 0.0235 e. The zero-order chi connectivity index (χ0) is 14.7. The standard InChI is InChI=1S/C18H35N3/c1-2-15-4-3-5-17(7-6-15)21-13-10-18(14-21)20-11-8-16(19)9-12-20/h15-18H,2-14,19H2,1H3. The maximum Gasteiger partial charge on any atom is 0.0235 e. The van der Waals surface area contributed by atoms with Gasteiger partial charge in [-0.15, -0.1) is 0 Å². The first-order valence-electron chi connectivity index (χ1n) is 9.50. The van der Waals surface area contributed by atoms with Crippen molar-refractivity contribution in [3.8, 4) is 0 Å². The summed E-state index contributed by atoms with van der Waals surface area (Å²) in [6, 6.07) is 2.17. The zero-order valence-electron chi connectivity index (χ0n) is 14.0. The van der Waals surface area contributed by atoms with Gasteiger partial charge in [0.2, 0.25) is 0 Å². The van der Waals surface area contributed by atoms with Gasteiger partial charge in [-0.2, -0.15) is 0 Å². The van der Waals surface area contributed by atoms with Crippen molar-refractivity contribution in [2.24, 2.45) is 11.7 Å². The number of nitrogens with two attached hydrogens (primary N) is 1. The first-order valence-corrected chi connectivity index (χ1v) is 9.50. The fourth-order valence-electron chi connectivity index (χ4n) is 4.81. The van der Waals surface area contributed by atoms with E-state index in [1.807, 2.05) is 0 Å². The van der Waals surface area contributed by atoms with Crippen molar-refractivity contribution < 1.29 is 0 Å². The van der Waals surface area contributed by atoms with E-state index in [2.05, 4.69) is 16.7 Å². The summed E-state index contributed by atoms with van der Waals surface area (Å²) in [7, 11) is 0. The quantitative estimate of drug-likeness (QED) is 0.812. The van der Waals surface area contributed by atoms with Crippen LogP contribution in [0.25, 0.3) is 0 Å². The molecule has 0 spiro atoms. The van der Waals surface area contributed by atoms with Gasteiger partial charge in [0.25, 0.3) is 0 Å². The summed E-state index contributed by atoms with van der Waals surface area (Å²) in [6.45, 7) is 7.52. The minimum absolute atomic E-state index is 0.464. The molecule has 3 fully saturated rings. The van der Waals surface area contributed by atoms with Crippen LogP contribution in [0.3, 0.4) is 0 Å². The Bertz CT molecular complexity index is 312. The van der Waals surface area contributed by atoms with E-state index >= 15 is 0 Å². The van der Waals surface area contributed by atoms with Gasteiger partial charge >= 0.3 is 0 Å². The number of hydrogen-bond donors (Lipinski definition) is 1. The van der Waals surface area contributed by atoms with E-state index in [9.17, 15) is 0 Å². The highest BCUT2D eigenvalue weighted by Gasteiger charge is 2.33. The van der Waals surface area contributed by atoms with E-state index < -0.39 is 0 Å². The SMILES string of the molecule is CCC1CCCC(N2CCC(N3CCC(N)CC3)C2)CC1. The topological polar surface area (TPSA) is 32.5 Å². The van der Waals surface area contributed by atoms with Crippen LogP contribution in [-0.4, -0.2) is 54.1 Å². The second kappa shape index (κ2) is 7.43. The molecule has 1 saturated carbocycles. The highest BCUT2D eigenvalue weighted by Crippen LogP contribution is 2.31. The third kappa shape index (κ3) is 4.00. The van der Waals surface area contributed by atoms with E-state index in [-0.39, 0.29) is 0 Å². The number of nitrogens with zero attached hydrogens (tertiary/aromatic N) is 2. The van der Waals surface area contributed by atoms with Gasteiger partial charge in [0, 0.05) is 31.2 Å². The summed E-state index contributed by atoms with van der Waals surface area (Å²) >= 11 is 0. The molecule has 3 atom stereocenters. The lowest BCUT2D eigenvalue weighted by Crippen LogP contribution is -2.46. The summed E-state index contributed by atoms with van der Waals surface area (Å²) < 4.78 is 0. The molecule has 2 saturated heterocycles. The van der Waals surface area contributed by atoms with Crippen LogP contribution in [0.5, 0.6) is 0 Å². The monoisotopic (exact) mass is 293 g/mol. The number of hydrogen-bond acceptors (Lipinski definition) is 3. The molecule has 122 valence electrons. The van der Waals surface area contributed by atoms with Crippen LogP contribution in [0.15, 0.2) is 0 Å². The Morgan fingerprint density at radius 2 is 1.57 bits per heavy atom. The van der Waals surface area contributed by atoms with Crippen LogP contribution in [0.4, 0.5) is 0 Å². The molecule has 3 heteroatoms. The van der Waals surface area contributed by atoms with Crippen LogP contribution in [0.1, 0.15) is 64.7 Å². The van der Waals surface area contributed by atoms with Crippen LogP contribution in [-0.2, 0) is 0 Å². The van der Waals surface area contributed by atoms with E-state index in [4.69, 9.17) is 5.73 Å². The van der Waals surface area contributed by atoms with Crippen LogP contribution < -0.4 is 5.73 Å². The predicted octanol–water partition coefficient (Wildman–Crippen LogP) is 2.84. The van der Waals surface area contributed by atoms with Crippen LogP contribution in [0.2, 0.25) is 0 Å². The Balaban J connectivity index is 1.47. The molecule has 2 N–H and O–H groups in total. The molecule has 0 aromatic heterocycles. The minimum atomic E-state index is 0.464. The highest BCUT2D eigenvalue weighted by molar-refractivity contribution is 4.90. The largest absolute Gasteiger partial charge is 0.328 e. The summed E-state index contributed by atoms with van der Waals surface area (Å²) in [5, 5.41) is 0. The molecule has 0 aromatic carbocycles. The Hall–Kier alpha value is -0.120. The molecule has 3 nitrogen and oxygen atoms in total. The molecule has 0 bridgehead atoms. The van der Waals surface area contributed by atoms with Crippen molar-refractivity contribution in [1.82, 2.24) is 9.80 Å². The van der Waals surface area contributed by atoms with Gasteiger partial charge in [-0.25, -0.2) is 0 Å². The summed E-state index contributed by atoms with van der Waals surface area (Å²) in [6.07, 6.45) is 12.5. The van der Waals surface area contributed by atoms with Gasteiger partial charge < -0.3 is 5.73 Å². The lowest BCUT2D eigenvalue weighted by Gasteiger charge is -2.35. The molecule has 21 heavy (non-hydrogen) atoms. The lowest BCUT2D eigenvalue weighted by atomic mass is 9.97. The Morgan fingerprint density at radius 3 is 2.33 bits per heavy atom. The molecule has 3 rings (SSSR count). The fourth-order valence-corrected chi connectivity index (χ4v) is 4.81. The Morgan fingerprint density at radius 1 is 0.810 bits per heavy atom. The average molecular weight is 293 g/mol. The van der Waals surface area contributed by atoms with Crippen molar-refractivity contribution in [1.29, 1.82) is 0 Å². The molecule has 0 aromatic rings. The van der Waals surface area contributed by atoms with Crippen LogP contribution in [0, 0.1) is 5.92 Å². The van der Waals surface area contributed by atoms with Crippen molar-refractivity contribution in [3.05, 3.63) is 0 Å². The summed E-state index contributed by atoms with van der Waals surface area (Å²) in [5.74, 6) is 1.01. The summed E-state index contributed by atoms with van der Waals surface area (Å²) in [5.41, 5.74) is 6.05. The molecular weight excluding hydrogens is 258 g/mol. The van der Waals surface area contributed by atoms with Gasteiger partial charge in [-0.05, 0) is 57.5 Å². The first kappa shape index (κ1) is 15.8. The third-order valence-electron chi connectivity index (χ3n) is 6.44. The van der Waals surface area contributed by atoms with Crippen molar-refractivity contribution in [3.63, 3.8) is 0 Å². The predicted molar refractivity (Wildman–Crippen MR) is 89.4 cm³/mol. The first-order chi connectivity index (χ1) is 10.3. The van der Waals surface area contributed by atoms with E-state index in [1.54, 1.807) is 0 Å². The van der Waals surface area contributed by atoms with E-state index in [0.717, 1.165) is 18.0 Å². The molecule has 0 radical (unpaired) electrons. The number of piperidine rings is 1. The molecule has 0 amide bonds. The molecule has 2 aliphatic heterocycles. The fraction of sp³-hybridized carbons (Fsp3) is 1.00. The second-order valence-electron chi connectivity index (χ2n) is 7.75. The number of likely N-dealkylation sites (tertiary alicyclic amines) is 2. The highest BCUT2D eigenvalue weighted by atomic mass is 15.3. The zero-order valence-corrected chi connectivity index (χ0v) is 14.0. The lowest BCUT2D eigenvalue weighted by molar-refractivity contribution is 0.140. The third-order valence-corrected chi connectivity index (χ3v) is 6.44. The molecule has 2 heterocycles. The van der Waals surface area contributed by atoms with Crippen molar-refractivity contribution >= 4 is 0 Å². The molecule has 3 aliphatic rings. The number of rotatable bonds is 3. The van der Waals surface area contributed by atoms with Gasteiger partial charge in [0.05, 0.1) is 0 Å². The van der Waals surface area contributed by atoms with Gasteiger partial charge in [-0.3, -0.25) is 9.80 Å². The molecular formula is C18H35N3. The van der Waals surface area contributed by atoms with Crippen LogP contribution >= 0.6 is 0 Å². The van der Waals surface area contributed by atoms with Crippen molar-refractivity contribution in [2.45, 2.75) is 82.8 Å². The minimum Gasteiger partial charge on any atom is -0.328 e. The van der Waals surface area contributed by atoms with Gasteiger partial charge in [0.15, 0.2) is 0 Å². The van der Waals surface area contributed by atoms with E-state index in [1.165, 1.54) is 84.0 Å². The van der Waals surface area contributed by atoms with E-state index in [0.29, 0.717) is 6.04 Å². The van der Waals surface area contributed by atoms with Crippen molar-refractivity contribution in [2.75, 3.05) is 26.2 Å².